The summed E-state index contributed by atoms with van der Waals surface area (Å²) >= 11 is 0. The van der Waals surface area contributed by atoms with E-state index in [1.165, 1.54) is 24.3 Å². The first kappa shape index (κ1) is 29.3. The standard InChI is InChI=1S/C27H29F6N3O4/c1-15-9-17(13-25(2,3)12-15)36-21-11-22(39-14-26(28,29)30)19(23(37)38-4)10-20(21)35-24(36)34-16-5-7-18(8-6-16)40-27(31,32)33/h5-8,10-11,15,17H,9,12-14H2,1-4H3,(H,34,35)/t15-,17+/m0/s1. The molecule has 7 nitrogen and oxygen atoms in total. The molecule has 4 rings (SSSR count). The average molecular weight is 574 g/mol. The lowest BCUT2D eigenvalue weighted by Gasteiger charge is -2.40. The highest BCUT2D eigenvalue weighted by Gasteiger charge is 2.36. The maximum atomic E-state index is 13.0. The smallest absolute Gasteiger partial charge is 0.483 e. The number of esters is 1. The van der Waals surface area contributed by atoms with Gasteiger partial charge in [-0.2, -0.15) is 13.2 Å². The Labute approximate surface area is 226 Å². The van der Waals surface area contributed by atoms with E-state index in [4.69, 9.17) is 9.47 Å². The van der Waals surface area contributed by atoms with Crippen molar-refractivity contribution < 1.29 is 45.3 Å². The van der Waals surface area contributed by atoms with Crippen LogP contribution in [0.15, 0.2) is 36.4 Å². The minimum Gasteiger partial charge on any atom is -0.483 e. The Morgan fingerprint density at radius 1 is 1.10 bits per heavy atom. The first-order valence-corrected chi connectivity index (χ1v) is 12.5. The second kappa shape index (κ2) is 10.7. The molecule has 2 aromatic carbocycles. The molecule has 0 radical (unpaired) electrons. The lowest BCUT2D eigenvalue weighted by molar-refractivity contribution is -0.274. The number of carbonyl (C=O) groups is 1. The fraction of sp³-hybridized carbons (Fsp3) is 0.481. The van der Waals surface area contributed by atoms with Crippen LogP contribution in [0.1, 0.15) is 56.4 Å². The topological polar surface area (TPSA) is 74.6 Å². The Morgan fingerprint density at radius 2 is 1.77 bits per heavy atom. The molecule has 3 aromatic rings. The van der Waals surface area contributed by atoms with Crippen molar-refractivity contribution in [2.75, 3.05) is 19.0 Å². The molecule has 1 saturated carbocycles. The molecule has 1 fully saturated rings. The molecule has 13 heteroatoms. The van der Waals surface area contributed by atoms with Gasteiger partial charge in [0.15, 0.2) is 6.61 Å². The van der Waals surface area contributed by atoms with E-state index in [0.717, 1.165) is 38.5 Å². The molecule has 0 spiro atoms. The van der Waals surface area contributed by atoms with Crippen molar-refractivity contribution in [3.63, 3.8) is 0 Å². The maximum Gasteiger partial charge on any atom is 0.573 e. The predicted octanol–water partition coefficient (Wildman–Crippen LogP) is 7.79. The number of methoxy groups -OCH3 is 1. The van der Waals surface area contributed by atoms with Crippen LogP contribution in [0.4, 0.5) is 38.0 Å². The molecule has 1 heterocycles. The third-order valence-electron chi connectivity index (χ3n) is 6.66. The number of carbonyl (C=O) groups excluding carboxylic acids is 1. The Balaban J connectivity index is 1.82. The number of nitrogens with zero attached hydrogens (tertiary/aromatic N) is 2. The molecule has 1 aliphatic rings. The average Bonchev–Trinajstić information content (AvgIpc) is 3.16. The highest BCUT2D eigenvalue weighted by atomic mass is 19.4. The monoisotopic (exact) mass is 573 g/mol. The van der Waals surface area contributed by atoms with Crippen LogP contribution >= 0.6 is 0 Å². The second-order valence-electron chi connectivity index (χ2n) is 10.8. The first-order valence-electron chi connectivity index (χ1n) is 12.5. The van der Waals surface area contributed by atoms with Crippen molar-refractivity contribution in [3.8, 4) is 11.5 Å². The number of benzene rings is 2. The summed E-state index contributed by atoms with van der Waals surface area (Å²) in [5, 5.41) is 3.11. The molecule has 2 atom stereocenters. The van der Waals surface area contributed by atoms with Gasteiger partial charge in [-0.1, -0.05) is 20.8 Å². The van der Waals surface area contributed by atoms with Crippen molar-refractivity contribution in [2.45, 2.75) is 58.6 Å². The Kier molecular flexibility index (Phi) is 7.88. The number of fused-ring (bicyclic) bond motifs is 1. The van der Waals surface area contributed by atoms with Crippen LogP contribution in [0.25, 0.3) is 11.0 Å². The third-order valence-corrected chi connectivity index (χ3v) is 6.66. The number of rotatable bonds is 7. The van der Waals surface area contributed by atoms with Crippen molar-refractivity contribution >= 4 is 28.6 Å². The van der Waals surface area contributed by atoms with E-state index < -0.39 is 30.9 Å². The molecule has 0 unspecified atom stereocenters. The van der Waals surface area contributed by atoms with E-state index in [1.807, 2.05) is 4.57 Å². The van der Waals surface area contributed by atoms with E-state index in [2.05, 4.69) is 35.8 Å². The van der Waals surface area contributed by atoms with Gasteiger partial charge < -0.3 is 24.1 Å². The van der Waals surface area contributed by atoms with E-state index in [0.29, 0.717) is 28.6 Å². The van der Waals surface area contributed by atoms with Crippen molar-refractivity contribution in [1.82, 2.24) is 9.55 Å². The van der Waals surface area contributed by atoms with Crippen LogP contribution in [-0.2, 0) is 4.74 Å². The largest absolute Gasteiger partial charge is 0.573 e. The van der Waals surface area contributed by atoms with Gasteiger partial charge in [-0.15, -0.1) is 13.2 Å². The van der Waals surface area contributed by atoms with E-state index in [9.17, 15) is 31.1 Å². The van der Waals surface area contributed by atoms with Crippen LogP contribution in [-0.4, -0.2) is 41.8 Å². The van der Waals surface area contributed by atoms with Gasteiger partial charge in [0.2, 0.25) is 5.95 Å². The summed E-state index contributed by atoms with van der Waals surface area (Å²) in [7, 11) is 1.10. The number of hydrogen-bond acceptors (Lipinski definition) is 6. The van der Waals surface area contributed by atoms with Gasteiger partial charge in [-0.25, -0.2) is 9.78 Å². The fourth-order valence-corrected chi connectivity index (χ4v) is 5.49. The molecular formula is C27H29F6N3O4. The summed E-state index contributed by atoms with van der Waals surface area (Å²) in [5.74, 6) is -0.966. The lowest BCUT2D eigenvalue weighted by Crippen LogP contribution is -2.29. The summed E-state index contributed by atoms with van der Waals surface area (Å²) in [6, 6.07) is 7.59. The molecular weight excluding hydrogens is 544 g/mol. The molecule has 0 aliphatic heterocycles. The van der Waals surface area contributed by atoms with Gasteiger partial charge in [0.25, 0.3) is 0 Å². The SMILES string of the molecule is COC(=O)c1cc2nc(Nc3ccc(OC(F)(F)F)cc3)n([C@@H]3C[C@H](C)CC(C)(C)C3)c2cc1OCC(F)(F)F. The third kappa shape index (κ3) is 7.11. The Morgan fingerprint density at radius 3 is 2.35 bits per heavy atom. The van der Waals surface area contributed by atoms with Crippen molar-refractivity contribution in [3.05, 3.63) is 42.0 Å². The Bertz CT molecular complexity index is 1370. The summed E-state index contributed by atoms with van der Waals surface area (Å²) < 4.78 is 92.3. The minimum absolute atomic E-state index is 0.0473. The number of hydrogen-bond donors (Lipinski definition) is 1. The maximum absolute atomic E-state index is 13.0. The number of halogens is 6. The van der Waals surface area contributed by atoms with Crippen LogP contribution in [0.3, 0.4) is 0 Å². The number of ether oxygens (including phenoxy) is 3. The van der Waals surface area contributed by atoms with Gasteiger partial charge in [-0.05, 0) is 60.9 Å². The molecule has 1 aliphatic carbocycles. The second-order valence-corrected chi connectivity index (χ2v) is 10.8. The summed E-state index contributed by atoms with van der Waals surface area (Å²) in [4.78, 5) is 17.0. The predicted molar refractivity (Wildman–Crippen MR) is 135 cm³/mol. The molecule has 0 amide bonds. The Hall–Kier alpha value is -3.64. The molecule has 0 saturated heterocycles. The van der Waals surface area contributed by atoms with E-state index >= 15 is 0 Å². The number of alkyl halides is 6. The lowest BCUT2D eigenvalue weighted by atomic mass is 9.70. The highest BCUT2D eigenvalue weighted by molar-refractivity contribution is 5.97. The summed E-state index contributed by atoms with van der Waals surface area (Å²) in [6.45, 7) is 4.78. The minimum atomic E-state index is -4.84. The first-order chi connectivity index (χ1) is 18.5. The molecule has 40 heavy (non-hydrogen) atoms. The zero-order chi connectivity index (χ0) is 29.5. The van der Waals surface area contributed by atoms with Crippen molar-refractivity contribution in [1.29, 1.82) is 0 Å². The van der Waals surface area contributed by atoms with Crippen LogP contribution in [0, 0.1) is 11.3 Å². The summed E-state index contributed by atoms with van der Waals surface area (Å²) in [6.07, 6.45) is -7.02. The molecule has 0 bridgehead atoms. The number of anilines is 2. The fourth-order valence-electron chi connectivity index (χ4n) is 5.49. The number of aromatic nitrogens is 2. The van der Waals surface area contributed by atoms with Crippen LogP contribution in [0.2, 0.25) is 0 Å². The normalized spacial score (nSPS) is 19.4. The van der Waals surface area contributed by atoms with Gasteiger partial charge in [0.1, 0.15) is 17.1 Å². The van der Waals surface area contributed by atoms with Gasteiger partial charge in [0.05, 0.1) is 18.1 Å². The highest BCUT2D eigenvalue weighted by Crippen LogP contribution is 2.46. The van der Waals surface area contributed by atoms with Crippen LogP contribution < -0.4 is 14.8 Å². The van der Waals surface area contributed by atoms with Crippen LogP contribution in [0.5, 0.6) is 11.5 Å². The van der Waals surface area contributed by atoms with Gasteiger partial charge in [0, 0.05) is 17.8 Å². The zero-order valence-corrected chi connectivity index (χ0v) is 22.2. The van der Waals surface area contributed by atoms with Gasteiger partial charge in [-0.3, -0.25) is 0 Å². The molecule has 1 N–H and O–H groups in total. The van der Waals surface area contributed by atoms with E-state index in [-0.39, 0.29) is 22.8 Å². The summed E-state index contributed by atoms with van der Waals surface area (Å²) in [5.41, 5.74) is 0.862. The van der Waals surface area contributed by atoms with Crippen molar-refractivity contribution in [2.24, 2.45) is 11.3 Å². The molecule has 1 aromatic heterocycles. The van der Waals surface area contributed by atoms with E-state index in [1.54, 1.807) is 0 Å². The van der Waals surface area contributed by atoms with Gasteiger partial charge >= 0.3 is 18.5 Å². The number of nitrogens with one attached hydrogen (secondary N) is 1. The molecule has 218 valence electrons. The number of imidazole rings is 1. The quantitative estimate of drug-likeness (QED) is 0.230. The zero-order valence-electron chi connectivity index (χ0n) is 22.2.